The van der Waals surface area contributed by atoms with E-state index in [1.807, 2.05) is 13.1 Å². The number of benzene rings is 1. The van der Waals surface area contributed by atoms with E-state index in [2.05, 4.69) is 24.1 Å². The van der Waals surface area contributed by atoms with Crippen molar-refractivity contribution in [2.75, 3.05) is 18.5 Å². The van der Waals surface area contributed by atoms with Crippen molar-refractivity contribution in [3.63, 3.8) is 0 Å². The van der Waals surface area contributed by atoms with Crippen molar-refractivity contribution in [1.82, 2.24) is 5.32 Å². The predicted octanol–water partition coefficient (Wildman–Crippen LogP) is 3.88. The van der Waals surface area contributed by atoms with Gasteiger partial charge in [0.2, 0.25) is 0 Å². The first-order valence-electron chi connectivity index (χ1n) is 7.40. The summed E-state index contributed by atoms with van der Waals surface area (Å²) in [5.41, 5.74) is 2.28. The van der Waals surface area contributed by atoms with Crippen molar-refractivity contribution in [2.24, 2.45) is 0 Å². The van der Waals surface area contributed by atoms with Gasteiger partial charge < -0.3 is 10.2 Å². The minimum Gasteiger partial charge on any atom is -0.368 e. The van der Waals surface area contributed by atoms with E-state index in [9.17, 15) is 4.39 Å². The van der Waals surface area contributed by atoms with Crippen molar-refractivity contribution in [2.45, 2.75) is 51.6 Å². The number of piperidine rings is 1. The molecule has 0 aromatic heterocycles. The third-order valence-electron chi connectivity index (χ3n) is 4.30. The van der Waals surface area contributed by atoms with Crippen LogP contribution in [0.4, 0.5) is 10.1 Å². The summed E-state index contributed by atoms with van der Waals surface area (Å²) < 4.78 is 13.5. The summed E-state index contributed by atoms with van der Waals surface area (Å²) in [5, 5.41) is 3.23. The SMILES string of the molecule is CCC1CCCCN1c1ccc(F)cc1C(C)NC. The van der Waals surface area contributed by atoms with Crippen LogP contribution in [0.25, 0.3) is 0 Å². The van der Waals surface area contributed by atoms with Crippen LogP contribution in [0, 0.1) is 5.82 Å². The molecule has 3 heteroatoms. The lowest BCUT2D eigenvalue weighted by Crippen LogP contribution is -2.40. The maximum absolute atomic E-state index is 13.5. The molecule has 0 bridgehead atoms. The molecule has 1 aliphatic heterocycles. The molecule has 0 saturated carbocycles. The van der Waals surface area contributed by atoms with E-state index in [0.29, 0.717) is 6.04 Å². The number of halogens is 1. The van der Waals surface area contributed by atoms with Gasteiger partial charge in [0.25, 0.3) is 0 Å². The van der Waals surface area contributed by atoms with Gasteiger partial charge in [-0.2, -0.15) is 0 Å². The third-order valence-corrected chi connectivity index (χ3v) is 4.30. The molecule has 1 aliphatic rings. The highest BCUT2D eigenvalue weighted by Gasteiger charge is 2.24. The summed E-state index contributed by atoms with van der Waals surface area (Å²) in [5.74, 6) is -0.147. The van der Waals surface area contributed by atoms with Crippen LogP contribution in [0.3, 0.4) is 0 Å². The minimum absolute atomic E-state index is 0.147. The summed E-state index contributed by atoms with van der Waals surface area (Å²) in [6.45, 7) is 5.42. The first kappa shape index (κ1) is 14.3. The van der Waals surface area contributed by atoms with Crippen molar-refractivity contribution in [1.29, 1.82) is 0 Å². The molecule has 0 radical (unpaired) electrons. The van der Waals surface area contributed by atoms with Gasteiger partial charge in [0.1, 0.15) is 5.82 Å². The highest BCUT2D eigenvalue weighted by molar-refractivity contribution is 5.56. The molecule has 1 N–H and O–H groups in total. The Balaban J connectivity index is 2.36. The Labute approximate surface area is 116 Å². The molecule has 1 fully saturated rings. The van der Waals surface area contributed by atoms with Crippen LogP contribution in [-0.4, -0.2) is 19.6 Å². The monoisotopic (exact) mass is 264 g/mol. The fraction of sp³-hybridized carbons (Fsp3) is 0.625. The number of hydrogen-bond donors (Lipinski definition) is 1. The molecular formula is C16H25FN2. The van der Waals surface area contributed by atoms with E-state index in [-0.39, 0.29) is 11.9 Å². The van der Waals surface area contributed by atoms with Gasteiger partial charge in [0, 0.05) is 24.3 Å². The lowest BCUT2D eigenvalue weighted by Gasteiger charge is -2.39. The van der Waals surface area contributed by atoms with E-state index >= 15 is 0 Å². The van der Waals surface area contributed by atoms with E-state index in [1.54, 1.807) is 12.1 Å². The van der Waals surface area contributed by atoms with E-state index < -0.39 is 0 Å². The van der Waals surface area contributed by atoms with Gasteiger partial charge in [0.15, 0.2) is 0 Å². The molecule has 106 valence electrons. The zero-order chi connectivity index (χ0) is 13.8. The van der Waals surface area contributed by atoms with Crippen LogP contribution in [0.5, 0.6) is 0 Å². The topological polar surface area (TPSA) is 15.3 Å². The van der Waals surface area contributed by atoms with E-state index in [0.717, 1.165) is 18.5 Å². The van der Waals surface area contributed by atoms with Gasteiger partial charge >= 0.3 is 0 Å². The Hall–Kier alpha value is -1.09. The third kappa shape index (κ3) is 3.08. The molecule has 0 amide bonds. The first-order chi connectivity index (χ1) is 9.17. The maximum Gasteiger partial charge on any atom is 0.123 e. The lowest BCUT2D eigenvalue weighted by molar-refractivity contribution is 0.447. The minimum atomic E-state index is -0.147. The van der Waals surface area contributed by atoms with E-state index in [1.165, 1.54) is 24.9 Å². The summed E-state index contributed by atoms with van der Waals surface area (Å²) in [6, 6.07) is 5.99. The molecule has 1 heterocycles. The smallest absolute Gasteiger partial charge is 0.123 e. The zero-order valence-corrected chi connectivity index (χ0v) is 12.2. The molecule has 19 heavy (non-hydrogen) atoms. The molecule has 0 aliphatic carbocycles. The van der Waals surface area contributed by atoms with Crippen LogP contribution in [0.1, 0.15) is 51.1 Å². The largest absolute Gasteiger partial charge is 0.368 e. The number of nitrogens with one attached hydrogen (secondary N) is 1. The van der Waals surface area contributed by atoms with Crippen LogP contribution in [0.15, 0.2) is 18.2 Å². The predicted molar refractivity (Wildman–Crippen MR) is 79.2 cm³/mol. The maximum atomic E-state index is 13.5. The molecular weight excluding hydrogens is 239 g/mol. The quantitative estimate of drug-likeness (QED) is 0.888. The normalized spacial score (nSPS) is 21.5. The highest BCUT2D eigenvalue weighted by Crippen LogP contribution is 2.32. The van der Waals surface area contributed by atoms with Gasteiger partial charge in [-0.3, -0.25) is 0 Å². The number of rotatable bonds is 4. The second kappa shape index (κ2) is 6.38. The van der Waals surface area contributed by atoms with Crippen LogP contribution >= 0.6 is 0 Å². The summed E-state index contributed by atoms with van der Waals surface area (Å²) in [6.07, 6.45) is 4.96. The van der Waals surface area contributed by atoms with Crippen LogP contribution in [0.2, 0.25) is 0 Å². The fourth-order valence-corrected chi connectivity index (χ4v) is 3.03. The summed E-state index contributed by atoms with van der Waals surface area (Å²) >= 11 is 0. The van der Waals surface area contributed by atoms with Gasteiger partial charge in [-0.05, 0) is 63.4 Å². The Bertz CT molecular complexity index is 419. The number of hydrogen-bond acceptors (Lipinski definition) is 2. The first-order valence-corrected chi connectivity index (χ1v) is 7.40. The molecule has 2 unspecified atom stereocenters. The standard InChI is InChI=1S/C16H25FN2/c1-4-14-7-5-6-10-19(14)16-9-8-13(17)11-15(16)12(2)18-3/h8-9,11-12,14,18H,4-7,10H2,1-3H3. The van der Waals surface area contributed by atoms with Crippen molar-refractivity contribution < 1.29 is 4.39 Å². The number of nitrogens with zero attached hydrogens (tertiary/aromatic N) is 1. The zero-order valence-electron chi connectivity index (χ0n) is 12.2. The Morgan fingerprint density at radius 3 is 2.89 bits per heavy atom. The van der Waals surface area contributed by atoms with Gasteiger partial charge in [-0.1, -0.05) is 6.92 Å². The van der Waals surface area contributed by atoms with Gasteiger partial charge in [-0.15, -0.1) is 0 Å². The Kier molecular flexibility index (Phi) is 4.81. The molecule has 1 aromatic rings. The summed E-state index contributed by atoms with van der Waals surface area (Å²) in [7, 11) is 1.92. The number of anilines is 1. The second-order valence-electron chi connectivity index (χ2n) is 5.46. The summed E-state index contributed by atoms with van der Waals surface area (Å²) in [4.78, 5) is 2.48. The average molecular weight is 264 g/mol. The molecule has 1 aromatic carbocycles. The molecule has 2 atom stereocenters. The van der Waals surface area contributed by atoms with Crippen LogP contribution in [-0.2, 0) is 0 Å². The van der Waals surface area contributed by atoms with Crippen LogP contribution < -0.4 is 10.2 Å². The Morgan fingerprint density at radius 1 is 1.42 bits per heavy atom. The Morgan fingerprint density at radius 2 is 2.21 bits per heavy atom. The lowest BCUT2D eigenvalue weighted by atomic mass is 9.96. The van der Waals surface area contributed by atoms with Gasteiger partial charge in [0.05, 0.1) is 0 Å². The highest BCUT2D eigenvalue weighted by atomic mass is 19.1. The molecule has 0 spiro atoms. The van der Waals surface area contributed by atoms with E-state index in [4.69, 9.17) is 0 Å². The second-order valence-corrected chi connectivity index (χ2v) is 5.46. The average Bonchev–Trinajstić information content (AvgIpc) is 2.46. The fourth-order valence-electron chi connectivity index (χ4n) is 3.03. The van der Waals surface area contributed by atoms with Crippen molar-refractivity contribution in [3.05, 3.63) is 29.6 Å². The van der Waals surface area contributed by atoms with Crippen molar-refractivity contribution >= 4 is 5.69 Å². The van der Waals surface area contributed by atoms with Gasteiger partial charge in [-0.25, -0.2) is 4.39 Å². The molecule has 1 saturated heterocycles. The van der Waals surface area contributed by atoms with Crippen molar-refractivity contribution in [3.8, 4) is 0 Å². The molecule has 2 nitrogen and oxygen atoms in total. The molecule has 2 rings (SSSR count).